The van der Waals surface area contributed by atoms with Crippen molar-refractivity contribution in [3.05, 3.63) is 59.8 Å². The fourth-order valence-corrected chi connectivity index (χ4v) is 4.85. The summed E-state index contributed by atoms with van der Waals surface area (Å²) in [7, 11) is 2.09. The van der Waals surface area contributed by atoms with Gasteiger partial charge < -0.3 is 20.0 Å². The van der Waals surface area contributed by atoms with Gasteiger partial charge in [-0.15, -0.1) is 0 Å². The number of aliphatic hydroxyl groups excluding tert-OH is 1. The van der Waals surface area contributed by atoms with Gasteiger partial charge in [0.25, 0.3) is 0 Å². The normalized spacial score (nSPS) is 14.9. The number of piperazine rings is 1. The van der Waals surface area contributed by atoms with Crippen LogP contribution in [0.4, 0.5) is 11.4 Å². The van der Waals surface area contributed by atoms with Gasteiger partial charge in [-0.3, -0.25) is 4.90 Å². The largest absolute Gasteiger partial charge is 0.507 e. The number of fused-ring (bicyclic) bond motifs is 1. The summed E-state index contributed by atoms with van der Waals surface area (Å²) in [5, 5.41) is 21.2. The van der Waals surface area contributed by atoms with E-state index in [-0.39, 0.29) is 6.61 Å². The van der Waals surface area contributed by atoms with Crippen molar-refractivity contribution in [3.63, 3.8) is 0 Å². The van der Waals surface area contributed by atoms with Gasteiger partial charge in [0.05, 0.1) is 17.7 Å². The number of anilines is 2. The molecule has 1 saturated heterocycles. The number of para-hydroxylation sites is 1. The van der Waals surface area contributed by atoms with Gasteiger partial charge in [-0.1, -0.05) is 12.1 Å². The summed E-state index contributed by atoms with van der Waals surface area (Å²) < 4.78 is 2.21. The second kappa shape index (κ2) is 10.9. The van der Waals surface area contributed by atoms with E-state index in [2.05, 4.69) is 82.6 Å². The fourth-order valence-electron chi connectivity index (χ4n) is 4.85. The fraction of sp³-hybridized carbons (Fsp3) is 0.393. The number of phenols is 1. The van der Waals surface area contributed by atoms with Crippen molar-refractivity contribution in [3.8, 4) is 5.75 Å². The van der Waals surface area contributed by atoms with Gasteiger partial charge in [0.2, 0.25) is 11.2 Å². The number of hydrogen-bond acceptors (Lipinski definition) is 5. The van der Waals surface area contributed by atoms with E-state index >= 15 is 0 Å². The van der Waals surface area contributed by atoms with Gasteiger partial charge in [0.1, 0.15) is 12.8 Å². The molecular formula is C28H37N4O2+. The Bertz CT molecular complexity index is 1150. The first-order chi connectivity index (χ1) is 16.5. The van der Waals surface area contributed by atoms with Crippen LogP contribution in [0.15, 0.2) is 48.5 Å². The van der Waals surface area contributed by atoms with Crippen molar-refractivity contribution in [2.75, 3.05) is 62.2 Å². The quantitative estimate of drug-likeness (QED) is 0.503. The Morgan fingerprint density at radius 1 is 0.971 bits per heavy atom. The molecule has 2 aromatic carbocycles. The first kappa shape index (κ1) is 24.0. The SMILES string of the molecule is CCN(CC)c1ccc(/C=C/c2cc(N3CCN(CCO)CC3)c3ccccc3[n+]2C)c(O)c1. The van der Waals surface area contributed by atoms with Crippen LogP contribution in [-0.4, -0.2) is 67.5 Å². The Hall–Kier alpha value is -3.09. The maximum absolute atomic E-state index is 10.7. The van der Waals surface area contributed by atoms with Crippen LogP contribution in [0.1, 0.15) is 25.1 Å². The highest BCUT2D eigenvalue weighted by atomic mass is 16.3. The third-order valence-corrected chi connectivity index (χ3v) is 6.92. The Labute approximate surface area is 203 Å². The number of benzene rings is 2. The zero-order valence-electron chi connectivity index (χ0n) is 20.6. The maximum atomic E-state index is 10.7. The minimum atomic E-state index is 0.210. The van der Waals surface area contributed by atoms with E-state index < -0.39 is 0 Å². The van der Waals surface area contributed by atoms with E-state index in [0.717, 1.165) is 62.8 Å². The summed E-state index contributed by atoms with van der Waals surface area (Å²) in [6.45, 7) is 10.8. The molecule has 0 spiro atoms. The molecule has 3 aromatic rings. The van der Waals surface area contributed by atoms with Crippen molar-refractivity contribution in [2.45, 2.75) is 13.8 Å². The number of aliphatic hydroxyl groups is 1. The lowest BCUT2D eigenvalue weighted by atomic mass is 10.1. The molecule has 0 aliphatic carbocycles. The van der Waals surface area contributed by atoms with E-state index in [1.807, 2.05) is 18.2 Å². The predicted molar refractivity (Wildman–Crippen MR) is 141 cm³/mol. The number of aromatic nitrogens is 1. The minimum absolute atomic E-state index is 0.210. The van der Waals surface area contributed by atoms with Gasteiger partial charge in [-0.25, -0.2) is 0 Å². The summed E-state index contributed by atoms with van der Waals surface area (Å²) in [6.07, 6.45) is 4.08. The lowest BCUT2D eigenvalue weighted by Crippen LogP contribution is -2.47. The number of aromatic hydroxyl groups is 1. The molecule has 1 aliphatic heterocycles. The number of nitrogens with zero attached hydrogens (tertiary/aromatic N) is 4. The number of β-amino-alcohol motifs (C(OH)–C–C–N with tert-alkyl or cyclic N) is 1. The number of pyridine rings is 1. The van der Waals surface area contributed by atoms with E-state index in [1.165, 1.54) is 16.6 Å². The summed E-state index contributed by atoms with van der Waals surface area (Å²) in [4.78, 5) is 6.99. The highest BCUT2D eigenvalue weighted by Crippen LogP contribution is 2.29. The number of rotatable bonds is 8. The Kier molecular flexibility index (Phi) is 7.70. The van der Waals surface area contributed by atoms with Crippen LogP contribution in [0.2, 0.25) is 0 Å². The Morgan fingerprint density at radius 3 is 2.38 bits per heavy atom. The first-order valence-corrected chi connectivity index (χ1v) is 12.3. The van der Waals surface area contributed by atoms with Gasteiger partial charge in [-0.2, -0.15) is 4.57 Å². The van der Waals surface area contributed by atoms with Crippen LogP contribution >= 0.6 is 0 Å². The van der Waals surface area contributed by atoms with Crippen molar-refractivity contribution in [1.29, 1.82) is 0 Å². The highest BCUT2D eigenvalue weighted by molar-refractivity contribution is 5.91. The topological polar surface area (TPSA) is 54.1 Å². The zero-order chi connectivity index (χ0) is 24.1. The average molecular weight is 462 g/mol. The Morgan fingerprint density at radius 2 is 1.71 bits per heavy atom. The molecule has 6 nitrogen and oxygen atoms in total. The van der Waals surface area contributed by atoms with Crippen LogP contribution in [0.25, 0.3) is 23.1 Å². The molecule has 1 fully saturated rings. The zero-order valence-corrected chi connectivity index (χ0v) is 20.6. The van der Waals surface area contributed by atoms with E-state index in [9.17, 15) is 10.2 Å². The van der Waals surface area contributed by atoms with Crippen LogP contribution in [0.5, 0.6) is 5.75 Å². The van der Waals surface area contributed by atoms with Crippen molar-refractivity contribution >= 4 is 34.4 Å². The van der Waals surface area contributed by atoms with Crippen LogP contribution < -0.4 is 14.4 Å². The molecule has 2 heterocycles. The standard InChI is InChI=1S/C28H36N4O2/c1-4-31(5-2)24-13-11-22(28(34)21-24)10-12-23-20-27(25-8-6-7-9-26(25)29(23)3)32-16-14-30(15-17-32)18-19-33/h6-13,20-21,33H,4-5,14-19H2,1-3H3/p+1. The molecule has 6 heteroatoms. The smallest absolute Gasteiger partial charge is 0.214 e. The predicted octanol–water partition coefficient (Wildman–Crippen LogP) is 3.50. The van der Waals surface area contributed by atoms with Crippen molar-refractivity contribution in [2.24, 2.45) is 7.05 Å². The molecule has 4 rings (SSSR count). The number of phenolic OH excluding ortho intramolecular Hbond substituents is 1. The molecule has 0 saturated carbocycles. The van der Waals surface area contributed by atoms with Crippen LogP contribution in [0.3, 0.4) is 0 Å². The minimum Gasteiger partial charge on any atom is -0.507 e. The van der Waals surface area contributed by atoms with Gasteiger partial charge in [-0.05, 0) is 38.1 Å². The highest BCUT2D eigenvalue weighted by Gasteiger charge is 2.22. The molecule has 1 aromatic heterocycles. The van der Waals surface area contributed by atoms with Crippen LogP contribution in [0, 0.1) is 0 Å². The van der Waals surface area contributed by atoms with Gasteiger partial charge >= 0.3 is 0 Å². The average Bonchev–Trinajstić information content (AvgIpc) is 2.86. The van der Waals surface area contributed by atoms with E-state index in [4.69, 9.17) is 0 Å². The van der Waals surface area contributed by atoms with Crippen LogP contribution in [-0.2, 0) is 7.05 Å². The third-order valence-electron chi connectivity index (χ3n) is 6.92. The molecule has 0 amide bonds. The summed E-state index contributed by atoms with van der Waals surface area (Å²) in [5.41, 5.74) is 5.34. The lowest BCUT2D eigenvalue weighted by molar-refractivity contribution is -0.646. The summed E-state index contributed by atoms with van der Waals surface area (Å²) in [6, 6.07) is 16.7. The molecule has 2 N–H and O–H groups in total. The van der Waals surface area contributed by atoms with E-state index in [0.29, 0.717) is 5.75 Å². The van der Waals surface area contributed by atoms with E-state index in [1.54, 1.807) is 0 Å². The lowest BCUT2D eigenvalue weighted by Gasteiger charge is -2.36. The Balaban J connectivity index is 1.66. The maximum Gasteiger partial charge on any atom is 0.214 e. The molecule has 0 unspecified atom stereocenters. The monoisotopic (exact) mass is 461 g/mol. The molecule has 0 bridgehead atoms. The third kappa shape index (κ3) is 5.03. The van der Waals surface area contributed by atoms with Gasteiger partial charge in [0, 0.05) is 81.3 Å². The molecule has 34 heavy (non-hydrogen) atoms. The second-order valence-corrected chi connectivity index (χ2v) is 8.83. The molecule has 180 valence electrons. The molecule has 1 aliphatic rings. The van der Waals surface area contributed by atoms with Gasteiger partial charge in [0.15, 0.2) is 0 Å². The van der Waals surface area contributed by atoms with Crippen molar-refractivity contribution in [1.82, 2.24) is 4.90 Å². The molecule has 0 radical (unpaired) electrons. The summed E-state index contributed by atoms with van der Waals surface area (Å²) >= 11 is 0. The molecule has 0 atom stereocenters. The molecular weight excluding hydrogens is 424 g/mol. The first-order valence-electron chi connectivity index (χ1n) is 12.3. The second-order valence-electron chi connectivity index (χ2n) is 8.83. The van der Waals surface area contributed by atoms with Crippen molar-refractivity contribution < 1.29 is 14.8 Å². The number of hydrogen-bond donors (Lipinski definition) is 2. The number of aryl methyl sites for hydroxylation is 1. The summed E-state index contributed by atoms with van der Waals surface area (Å²) in [5.74, 6) is 0.296.